The molecule has 1 fully saturated rings. The number of aliphatic hydroxyl groups excluding tert-OH is 1. The Balaban J connectivity index is 2.01. The second-order valence-corrected chi connectivity index (χ2v) is 5.15. The van der Waals surface area contributed by atoms with Gasteiger partial charge in [-0.2, -0.15) is 0 Å². The zero-order valence-electron chi connectivity index (χ0n) is 9.27. The minimum atomic E-state index is -0.286. The molecule has 2 atom stereocenters. The molecule has 0 radical (unpaired) electrons. The van der Waals surface area contributed by atoms with Gasteiger partial charge in [-0.05, 0) is 29.4 Å². The van der Waals surface area contributed by atoms with Crippen LogP contribution < -0.4 is 5.73 Å². The number of aliphatic hydroxyl groups is 1. The standard InChI is InChI=1S/C12H18N2O/c1-12(2)6-9(12)11(15)5-8-7-14-4-3-10(8)13/h3-4,7,9,11,15H,5-6H2,1-2H3,(H2,13,14). The highest BCUT2D eigenvalue weighted by atomic mass is 16.3. The summed E-state index contributed by atoms with van der Waals surface area (Å²) in [6.07, 6.45) is 4.86. The van der Waals surface area contributed by atoms with Crippen molar-refractivity contribution in [1.82, 2.24) is 4.98 Å². The smallest absolute Gasteiger partial charge is 0.0615 e. The molecule has 0 bridgehead atoms. The van der Waals surface area contributed by atoms with Gasteiger partial charge in [0.15, 0.2) is 0 Å². The molecule has 1 aromatic rings. The zero-order chi connectivity index (χ0) is 11.1. The van der Waals surface area contributed by atoms with E-state index < -0.39 is 0 Å². The molecule has 1 saturated carbocycles. The van der Waals surface area contributed by atoms with Gasteiger partial charge in [-0.1, -0.05) is 13.8 Å². The first kappa shape index (κ1) is 10.4. The predicted molar refractivity (Wildman–Crippen MR) is 60.2 cm³/mol. The Morgan fingerprint density at radius 2 is 2.33 bits per heavy atom. The molecule has 1 aliphatic rings. The lowest BCUT2D eigenvalue weighted by atomic mass is 10.00. The molecule has 82 valence electrons. The molecule has 3 N–H and O–H groups in total. The molecule has 15 heavy (non-hydrogen) atoms. The summed E-state index contributed by atoms with van der Waals surface area (Å²) in [4.78, 5) is 4.02. The highest BCUT2D eigenvalue weighted by molar-refractivity contribution is 5.44. The summed E-state index contributed by atoms with van der Waals surface area (Å²) in [6.45, 7) is 4.38. The summed E-state index contributed by atoms with van der Waals surface area (Å²) in [7, 11) is 0. The zero-order valence-corrected chi connectivity index (χ0v) is 9.27. The highest BCUT2D eigenvalue weighted by Crippen LogP contribution is 2.54. The lowest BCUT2D eigenvalue weighted by Crippen LogP contribution is -2.17. The summed E-state index contributed by atoms with van der Waals surface area (Å²) >= 11 is 0. The number of nitrogens with zero attached hydrogens (tertiary/aromatic N) is 1. The molecule has 0 amide bonds. The van der Waals surface area contributed by atoms with Gasteiger partial charge < -0.3 is 10.8 Å². The van der Waals surface area contributed by atoms with E-state index >= 15 is 0 Å². The number of pyridine rings is 1. The third-order valence-electron chi connectivity index (χ3n) is 3.42. The third-order valence-corrected chi connectivity index (χ3v) is 3.42. The third kappa shape index (κ3) is 2.12. The molecule has 3 heteroatoms. The predicted octanol–water partition coefficient (Wildman–Crippen LogP) is 1.61. The van der Waals surface area contributed by atoms with Crippen molar-refractivity contribution in [3.05, 3.63) is 24.0 Å². The average Bonchev–Trinajstić information content (AvgIpc) is 2.79. The molecule has 1 heterocycles. The molecule has 0 aromatic carbocycles. The Morgan fingerprint density at radius 1 is 1.67 bits per heavy atom. The fourth-order valence-electron chi connectivity index (χ4n) is 2.14. The lowest BCUT2D eigenvalue weighted by molar-refractivity contribution is 0.137. The monoisotopic (exact) mass is 206 g/mol. The van der Waals surface area contributed by atoms with E-state index in [1.807, 2.05) is 0 Å². The Kier molecular flexibility index (Phi) is 2.43. The number of anilines is 1. The van der Waals surface area contributed by atoms with Crippen molar-refractivity contribution in [1.29, 1.82) is 0 Å². The molecule has 1 aliphatic carbocycles. The van der Waals surface area contributed by atoms with E-state index in [9.17, 15) is 5.11 Å². The molecule has 2 unspecified atom stereocenters. The number of nitrogen functional groups attached to an aromatic ring is 1. The van der Waals surface area contributed by atoms with Crippen molar-refractivity contribution in [2.45, 2.75) is 32.8 Å². The Bertz CT molecular complexity index is 362. The minimum absolute atomic E-state index is 0.286. The van der Waals surface area contributed by atoms with Gasteiger partial charge in [0.05, 0.1) is 6.10 Å². The summed E-state index contributed by atoms with van der Waals surface area (Å²) in [5, 5.41) is 10.0. The van der Waals surface area contributed by atoms with Crippen molar-refractivity contribution in [3.63, 3.8) is 0 Å². The van der Waals surface area contributed by atoms with Gasteiger partial charge in [0.2, 0.25) is 0 Å². The fourth-order valence-corrected chi connectivity index (χ4v) is 2.14. The maximum atomic E-state index is 10.0. The van der Waals surface area contributed by atoms with Crippen LogP contribution in [-0.4, -0.2) is 16.2 Å². The number of rotatable bonds is 3. The molecule has 1 aromatic heterocycles. The highest BCUT2D eigenvalue weighted by Gasteiger charge is 2.49. The first-order chi connectivity index (χ1) is 7.00. The Morgan fingerprint density at radius 3 is 2.87 bits per heavy atom. The first-order valence-corrected chi connectivity index (χ1v) is 5.37. The van der Waals surface area contributed by atoms with E-state index in [2.05, 4.69) is 18.8 Å². The molecular formula is C12H18N2O. The SMILES string of the molecule is CC1(C)CC1C(O)Cc1cnccc1N. The average molecular weight is 206 g/mol. The van der Waals surface area contributed by atoms with Crippen molar-refractivity contribution >= 4 is 5.69 Å². The van der Waals surface area contributed by atoms with Crippen LogP contribution in [0.1, 0.15) is 25.8 Å². The van der Waals surface area contributed by atoms with Crippen molar-refractivity contribution in [2.75, 3.05) is 5.73 Å². The van der Waals surface area contributed by atoms with Crippen molar-refractivity contribution < 1.29 is 5.11 Å². The normalized spacial score (nSPS) is 24.9. The number of hydrogen-bond acceptors (Lipinski definition) is 3. The quantitative estimate of drug-likeness (QED) is 0.790. The molecule has 2 rings (SSSR count). The minimum Gasteiger partial charge on any atom is -0.398 e. The van der Waals surface area contributed by atoms with E-state index in [1.165, 1.54) is 0 Å². The number of nitrogens with two attached hydrogens (primary N) is 1. The second kappa shape index (κ2) is 3.49. The number of hydrogen-bond donors (Lipinski definition) is 2. The van der Waals surface area contributed by atoms with Gasteiger partial charge >= 0.3 is 0 Å². The van der Waals surface area contributed by atoms with Crippen LogP contribution in [0.4, 0.5) is 5.69 Å². The van der Waals surface area contributed by atoms with Crippen LogP contribution in [0.3, 0.4) is 0 Å². The van der Waals surface area contributed by atoms with Crippen LogP contribution in [0, 0.1) is 11.3 Å². The lowest BCUT2D eigenvalue weighted by Gasteiger charge is -2.13. The second-order valence-electron chi connectivity index (χ2n) is 5.15. The van der Waals surface area contributed by atoms with E-state index in [0.717, 1.165) is 17.7 Å². The van der Waals surface area contributed by atoms with E-state index in [4.69, 9.17) is 5.73 Å². The molecular weight excluding hydrogens is 188 g/mol. The largest absolute Gasteiger partial charge is 0.398 e. The summed E-state index contributed by atoms with van der Waals surface area (Å²) in [5.41, 5.74) is 7.78. The summed E-state index contributed by atoms with van der Waals surface area (Å²) in [5.74, 6) is 0.414. The van der Waals surface area contributed by atoms with Gasteiger partial charge in [-0.3, -0.25) is 4.98 Å². The Labute approximate surface area is 90.3 Å². The van der Waals surface area contributed by atoms with Crippen LogP contribution in [0.2, 0.25) is 0 Å². The van der Waals surface area contributed by atoms with Gasteiger partial charge in [-0.25, -0.2) is 0 Å². The van der Waals surface area contributed by atoms with Crippen molar-refractivity contribution in [2.24, 2.45) is 11.3 Å². The fraction of sp³-hybridized carbons (Fsp3) is 0.583. The maximum absolute atomic E-state index is 10.0. The Hall–Kier alpha value is -1.09. The summed E-state index contributed by atoms with van der Waals surface area (Å²) in [6, 6.07) is 1.78. The van der Waals surface area contributed by atoms with Gasteiger partial charge in [0.1, 0.15) is 0 Å². The van der Waals surface area contributed by atoms with E-state index in [1.54, 1.807) is 18.5 Å². The summed E-state index contributed by atoms with van der Waals surface area (Å²) < 4.78 is 0. The van der Waals surface area contributed by atoms with Crippen LogP contribution >= 0.6 is 0 Å². The topological polar surface area (TPSA) is 59.1 Å². The van der Waals surface area contributed by atoms with Gasteiger partial charge in [0, 0.05) is 24.5 Å². The molecule has 0 aliphatic heterocycles. The van der Waals surface area contributed by atoms with Crippen molar-refractivity contribution in [3.8, 4) is 0 Å². The maximum Gasteiger partial charge on any atom is 0.0615 e. The van der Waals surface area contributed by atoms with Gasteiger partial charge in [-0.15, -0.1) is 0 Å². The van der Waals surface area contributed by atoms with Gasteiger partial charge in [0.25, 0.3) is 0 Å². The van der Waals surface area contributed by atoms with E-state index in [0.29, 0.717) is 17.8 Å². The molecule has 0 saturated heterocycles. The molecule has 3 nitrogen and oxygen atoms in total. The first-order valence-electron chi connectivity index (χ1n) is 5.37. The van der Waals surface area contributed by atoms with Crippen LogP contribution in [-0.2, 0) is 6.42 Å². The molecule has 0 spiro atoms. The van der Waals surface area contributed by atoms with Crippen LogP contribution in [0.15, 0.2) is 18.5 Å². The van der Waals surface area contributed by atoms with Crippen LogP contribution in [0.25, 0.3) is 0 Å². The van der Waals surface area contributed by atoms with Crippen LogP contribution in [0.5, 0.6) is 0 Å². The number of aromatic nitrogens is 1. The van der Waals surface area contributed by atoms with E-state index in [-0.39, 0.29) is 6.10 Å².